The van der Waals surface area contributed by atoms with Gasteiger partial charge in [0.1, 0.15) is 12.0 Å². The van der Waals surface area contributed by atoms with E-state index in [1.165, 1.54) is 12.3 Å². The zero-order valence-corrected chi connectivity index (χ0v) is 16.9. The summed E-state index contributed by atoms with van der Waals surface area (Å²) in [4.78, 5) is 27.0. The van der Waals surface area contributed by atoms with Crippen LogP contribution in [0.4, 0.5) is 0 Å². The molecule has 2 aliphatic heterocycles. The van der Waals surface area contributed by atoms with Crippen molar-refractivity contribution in [3.63, 3.8) is 0 Å². The molecule has 1 fully saturated rings. The lowest BCUT2D eigenvalue weighted by Crippen LogP contribution is -2.32. The van der Waals surface area contributed by atoms with E-state index in [2.05, 4.69) is 4.90 Å². The number of hydrogen-bond acceptors (Lipinski definition) is 8. The first kappa shape index (κ1) is 19.8. The van der Waals surface area contributed by atoms with Gasteiger partial charge in [-0.05, 0) is 18.2 Å². The maximum Gasteiger partial charge on any atom is 0.227 e. The normalized spacial score (nSPS) is 16.8. The van der Waals surface area contributed by atoms with Gasteiger partial charge in [-0.15, -0.1) is 0 Å². The molecule has 2 aliphatic rings. The van der Waals surface area contributed by atoms with E-state index in [0.717, 1.165) is 31.0 Å². The standard InChI is InChI=1S/C21H23NO6S/c23-17-11-16(12-22-4-8-29-9-5-22)27-14-21(17)28-13-18(24)15-2-3-19-20(10-15)26-7-1-6-25-19/h2-3,10-11,14H,1,4-9,12-13H2. The summed E-state index contributed by atoms with van der Waals surface area (Å²) in [6, 6.07) is 6.47. The average molecular weight is 417 g/mol. The number of nitrogens with zero attached hydrogens (tertiary/aromatic N) is 1. The first-order valence-corrected chi connectivity index (χ1v) is 10.8. The molecule has 0 amide bonds. The summed E-state index contributed by atoms with van der Waals surface area (Å²) in [5.41, 5.74) is 0.155. The van der Waals surface area contributed by atoms with Gasteiger partial charge in [-0.3, -0.25) is 14.5 Å². The highest BCUT2D eigenvalue weighted by molar-refractivity contribution is 7.99. The Morgan fingerprint density at radius 1 is 1.10 bits per heavy atom. The summed E-state index contributed by atoms with van der Waals surface area (Å²) in [5.74, 6) is 3.74. The van der Waals surface area contributed by atoms with Crippen molar-refractivity contribution in [3.8, 4) is 17.2 Å². The molecule has 1 saturated heterocycles. The van der Waals surface area contributed by atoms with Crippen LogP contribution in [0.2, 0.25) is 0 Å². The van der Waals surface area contributed by atoms with Crippen LogP contribution in [0.5, 0.6) is 17.2 Å². The molecular formula is C21H23NO6S. The Morgan fingerprint density at radius 2 is 1.90 bits per heavy atom. The van der Waals surface area contributed by atoms with Crippen molar-refractivity contribution in [3.05, 3.63) is 52.1 Å². The smallest absolute Gasteiger partial charge is 0.227 e. The van der Waals surface area contributed by atoms with Crippen LogP contribution in [0.3, 0.4) is 0 Å². The topological polar surface area (TPSA) is 78.2 Å². The highest BCUT2D eigenvalue weighted by Gasteiger charge is 2.16. The van der Waals surface area contributed by atoms with Crippen LogP contribution < -0.4 is 19.6 Å². The van der Waals surface area contributed by atoms with Gasteiger partial charge >= 0.3 is 0 Å². The van der Waals surface area contributed by atoms with Crippen molar-refractivity contribution >= 4 is 17.5 Å². The van der Waals surface area contributed by atoms with Gasteiger partial charge in [0.2, 0.25) is 11.2 Å². The molecule has 0 atom stereocenters. The Bertz CT molecular complexity index is 922. The lowest BCUT2D eigenvalue weighted by Gasteiger charge is -2.25. The van der Waals surface area contributed by atoms with Crippen LogP contribution >= 0.6 is 11.8 Å². The van der Waals surface area contributed by atoms with Gasteiger partial charge in [0.05, 0.1) is 19.8 Å². The Balaban J connectivity index is 1.36. The predicted molar refractivity (Wildman–Crippen MR) is 109 cm³/mol. The third kappa shape index (κ3) is 5.13. The molecule has 7 nitrogen and oxygen atoms in total. The van der Waals surface area contributed by atoms with Gasteiger partial charge in [-0.1, -0.05) is 0 Å². The number of fused-ring (bicyclic) bond motifs is 1. The van der Waals surface area contributed by atoms with Crippen molar-refractivity contribution in [2.75, 3.05) is 44.4 Å². The van der Waals surface area contributed by atoms with E-state index in [1.54, 1.807) is 18.2 Å². The summed E-state index contributed by atoms with van der Waals surface area (Å²) < 4.78 is 22.1. The quantitative estimate of drug-likeness (QED) is 0.664. The summed E-state index contributed by atoms with van der Waals surface area (Å²) >= 11 is 1.93. The molecule has 1 aromatic carbocycles. The van der Waals surface area contributed by atoms with Crippen LogP contribution in [-0.4, -0.2) is 55.1 Å². The van der Waals surface area contributed by atoms with Crippen molar-refractivity contribution in [1.29, 1.82) is 0 Å². The number of carbonyl (C=O) groups excluding carboxylic acids is 1. The zero-order chi connectivity index (χ0) is 20.1. The number of rotatable bonds is 6. The molecule has 0 bridgehead atoms. The minimum absolute atomic E-state index is 0.0330. The molecule has 8 heteroatoms. The predicted octanol–water partition coefficient (Wildman–Crippen LogP) is 2.61. The van der Waals surface area contributed by atoms with E-state index in [9.17, 15) is 9.59 Å². The fourth-order valence-corrected chi connectivity index (χ4v) is 4.15. The molecule has 1 aromatic heterocycles. The van der Waals surface area contributed by atoms with Crippen LogP contribution in [0.25, 0.3) is 0 Å². The molecule has 4 rings (SSSR count). The summed E-state index contributed by atoms with van der Waals surface area (Å²) in [6.45, 7) is 3.45. The molecule has 0 spiro atoms. The third-order valence-electron chi connectivity index (χ3n) is 4.76. The highest BCUT2D eigenvalue weighted by Crippen LogP contribution is 2.30. The number of benzene rings is 1. The third-order valence-corrected chi connectivity index (χ3v) is 5.71. The number of Topliss-reactive ketones (excluding diaryl/α,β-unsaturated/α-hetero) is 1. The molecule has 0 aliphatic carbocycles. The fraction of sp³-hybridized carbons (Fsp3) is 0.429. The SMILES string of the molecule is O=C(COc1coc(CN2CCSCC2)cc1=O)c1ccc2c(c1)OCCCO2. The maximum atomic E-state index is 12.5. The van der Waals surface area contributed by atoms with Crippen molar-refractivity contribution < 1.29 is 23.4 Å². The molecule has 154 valence electrons. The number of ketones is 1. The van der Waals surface area contributed by atoms with E-state index in [-0.39, 0.29) is 23.6 Å². The van der Waals surface area contributed by atoms with E-state index in [1.807, 2.05) is 11.8 Å². The maximum absolute atomic E-state index is 12.5. The molecule has 0 unspecified atom stereocenters. The van der Waals surface area contributed by atoms with Gasteiger partial charge in [0.25, 0.3) is 0 Å². The van der Waals surface area contributed by atoms with Crippen LogP contribution in [0.15, 0.2) is 39.7 Å². The molecule has 0 N–H and O–H groups in total. The Kier molecular flexibility index (Phi) is 6.41. The second kappa shape index (κ2) is 9.37. The fourth-order valence-electron chi connectivity index (χ4n) is 3.17. The monoisotopic (exact) mass is 417 g/mol. The molecule has 2 aromatic rings. The number of carbonyl (C=O) groups is 1. The van der Waals surface area contributed by atoms with Gasteiger partial charge in [-0.25, -0.2) is 0 Å². The molecule has 0 saturated carbocycles. The van der Waals surface area contributed by atoms with Gasteiger partial charge in [0, 0.05) is 42.6 Å². The van der Waals surface area contributed by atoms with Crippen LogP contribution in [0, 0.1) is 0 Å². The van der Waals surface area contributed by atoms with Crippen LogP contribution in [-0.2, 0) is 6.54 Å². The molecule has 0 radical (unpaired) electrons. The lowest BCUT2D eigenvalue weighted by atomic mass is 10.1. The van der Waals surface area contributed by atoms with E-state index < -0.39 is 0 Å². The number of hydrogen-bond donors (Lipinski definition) is 0. The average Bonchev–Trinajstić information content (AvgIpc) is 2.98. The number of thioether (sulfide) groups is 1. The van der Waals surface area contributed by atoms with Crippen molar-refractivity contribution in [2.24, 2.45) is 0 Å². The minimum atomic E-state index is -0.288. The minimum Gasteiger partial charge on any atom is -0.490 e. The first-order valence-electron chi connectivity index (χ1n) is 9.66. The Hall–Kier alpha value is -2.45. The van der Waals surface area contributed by atoms with Gasteiger partial charge in [-0.2, -0.15) is 11.8 Å². The molecular weight excluding hydrogens is 394 g/mol. The largest absolute Gasteiger partial charge is 0.490 e. The van der Waals surface area contributed by atoms with Crippen molar-refractivity contribution in [1.82, 2.24) is 4.90 Å². The second-order valence-corrected chi connectivity index (χ2v) is 8.11. The summed E-state index contributed by atoms with van der Waals surface area (Å²) in [7, 11) is 0. The van der Waals surface area contributed by atoms with E-state index in [0.29, 0.717) is 42.6 Å². The van der Waals surface area contributed by atoms with Gasteiger partial charge in [0.15, 0.2) is 23.9 Å². The summed E-state index contributed by atoms with van der Waals surface area (Å²) in [6.07, 6.45) is 2.08. The molecule has 29 heavy (non-hydrogen) atoms. The van der Waals surface area contributed by atoms with E-state index in [4.69, 9.17) is 18.6 Å². The second-order valence-electron chi connectivity index (χ2n) is 6.89. The number of ether oxygens (including phenoxy) is 3. The Morgan fingerprint density at radius 3 is 2.69 bits per heavy atom. The zero-order valence-electron chi connectivity index (χ0n) is 16.1. The van der Waals surface area contributed by atoms with Crippen LogP contribution in [0.1, 0.15) is 22.5 Å². The molecule has 3 heterocycles. The Labute approximate surface area is 172 Å². The first-order chi connectivity index (χ1) is 14.2. The van der Waals surface area contributed by atoms with E-state index >= 15 is 0 Å². The highest BCUT2D eigenvalue weighted by atomic mass is 32.2. The summed E-state index contributed by atoms with van der Waals surface area (Å²) in [5, 5.41) is 0. The van der Waals surface area contributed by atoms with Gasteiger partial charge < -0.3 is 18.6 Å². The lowest BCUT2D eigenvalue weighted by molar-refractivity contribution is 0.0918. The van der Waals surface area contributed by atoms with Crippen molar-refractivity contribution in [2.45, 2.75) is 13.0 Å².